The molecule has 1 aliphatic heterocycles. The van der Waals surface area contributed by atoms with Gasteiger partial charge in [-0.25, -0.2) is 0 Å². The summed E-state index contributed by atoms with van der Waals surface area (Å²) in [5.74, 6) is 0.741. The van der Waals surface area contributed by atoms with Gasteiger partial charge in [-0.2, -0.15) is 13.8 Å². The Balaban J connectivity index is 2.11. The minimum Gasteiger partial charge on any atom is -0.473 e. The van der Waals surface area contributed by atoms with E-state index in [1.165, 1.54) is 12.1 Å². The molecule has 1 fully saturated rings. The number of nitrogens with zero attached hydrogens (tertiary/aromatic N) is 1. The summed E-state index contributed by atoms with van der Waals surface area (Å²) in [4.78, 5) is 4.14. The van der Waals surface area contributed by atoms with Gasteiger partial charge in [-0.1, -0.05) is 0 Å². The number of nitrogens with one attached hydrogen (secondary N) is 2. The highest BCUT2D eigenvalue weighted by atomic mass is 19.3. The van der Waals surface area contributed by atoms with Gasteiger partial charge < -0.3 is 20.1 Å². The highest BCUT2D eigenvalue weighted by Crippen LogP contribution is 2.24. The number of hydrogen-bond donors (Lipinski definition) is 2. The van der Waals surface area contributed by atoms with Crippen LogP contribution < -0.4 is 20.1 Å². The van der Waals surface area contributed by atoms with Crippen molar-refractivity contribution in [3.8, 4) is 11.6 Å². The van der Waals surface area contributed by atoms with Gasteiger partial charge in [0.15, 0.2) is 0 Å². The van der Waals surface area contributed by atoms with Crippen LogP contribution >= 0.6 is 0 Å². The Bertz CT molecular complexity index is 398. The lowest BCUT2D eigenvalue weighted by atomic mass is 10.3. The van der Waals surface area contributed by atoms with E-state index in [1.54, 1.807) is 7.05 Å². The number of hydrogen-bond acceptors (Lipinski definition) is 5. The van der Waals surface area contributed by atoms with E-state index in [-0.39, 0.29) is 17.7 Å². The first-order chi connectivity index (χ1) is 8.67. The summed E-state index contributed by atoms with van der Waals surface area (Å²) in [6.45, 7) is -1.24. The number of anilines is 1. The van der Waals surface area contributed by atoms with E-state index in [0.29, 0.717) is 5.82 Å². The summed E-state index contributed by atoms with van der Waals surface area (Å²) >= 11 is 0. The van der Waals surface area contributed by atoms with Crippen LogP contribution in [0.25, 0.3) is 0 Å². The molecule has 1 unspecified atom stereocenters. The van der Waals surface area contributed by atoms with Crippen molar-refractivity contribution >= 4 is 5.82 Å². The molecule has 7 heteroatoms. The number of halogens is 2. The lowest BCUT2D eigenvalue weighted by Crippen LogP contribution is -2.20. The minimum atomic E-state index is -2.86. The molecule has 2 heterocycles. The summed E-state index contributed by atoms with van der Waals surface area (Å²) in [7, 11) is 1.65. The number of aromatic nitrogens is 1. The molecule has 18 heavy (non-hydrogen) atoms. The van der Waals surface area contributed by atoms with Crippen LogP contribution in [-0.4, -0.2) is 37.8 Å². The van der Waals surface area contributed by atoms with Gasteiger partial charge >= 0.3 is 6.61 Å². The Morgan fingerprint density at radius 2 is 2.33 bits per heavy atom. The lowest BCUT2D eigenvalue weighted by Gasteiger charge is -2.14. The number of pyridine rings is 1. The van der Waals surface area contributed by atoms with E-state index in [2.05, 4.69) is 20.4 Å². The fraction of sp³-hybridized carbons (Fsp3) is 0.545. The van der Waals surface area contributed by atoms with Crippen LogP contribution in [0.5, 0.6) is 11.6 Å². The standard InChI is InChI=1S/C11H15F2N3O2/c1-14-9-4-8(18-11(12)13)5-10(16-9)17-7-2-3-15-6-7/h4-5,7,11,15H,2-3,6H2,1H3,(H,14,16). The second-order valence-corrected chi connectivity index (χ2v) is 3.89. The third-order valence-electron chi connectivity index (χ3n) is 2.56. The zero-order chi connectivity index (χ0) is 13.0. The number of rotatable bonds is 5. The smallest absolute Gasteiger partial charge is 0.387 e. The summed E-state index contributed by atoms with van der Waals surface area (Å²) in [6, 6.07) is 2.76. The largest absolute Gasteiger partial charge is 0.473 e. The normalized spacial score (nSPS) is 19.0. The first-order valence-electron chi connectivity index (χ1n) is 5.69. The zero-order valence-electron chi connectivity index (χ0n) is 9.95. The van der Waals surface area contributed by atoms with Crippen molar-refractivity contribution in [2.75, 3.05) is 25.5 Å². The van der Waals surface area contributed by atoms with Gasteiger partial charge in [-0.3, -0.25) is 0 Å². The highest BCUT2D eigenvalue weighted by molar-refractivity contribution is 5.44. The molecule has 1 aliphatic rings. The Hall–Kier alpha value is -1.63. The van der Waals surface area contributed by atoms with E-state index in [9.17, 15) is 8.78 Å². The quantitative estimate of drug-likeness (QED) is 0.838. The van der Waals surface area contributed by atoms with Crippen molar-refractivity contribution in [3.63, 3.8) is 0 Å². The van der Waals surface area contributed by atoms with Gasteiger partial charge in [0.25, 0.3) is 0 Å². The fourth-order valence-electron chi connectivity index (χ4n) is 1.74. The van der Waals surface area contributed by atoms with E-state index >= 15 is 0 Å². The Labute approximate surface area is 103 Å². The summed E-state index contributed by atoms with van der Waals surface area (Å²) in [5, 5.41) is 5.92. The molecule has 0 aromatic carbocycles. The number of alkyl halides is 2. The SMILES string of the molecule is CNc1cc(OC(F)F)cc(OC2CCNC2)n1. The van der Waals surface area contributed by atoms with Crippen molar-refractivity contribution in [1.29, 1.82) is 0 Å². The van der Waals surface area contributed by atoms with Gasteiger partial charge in [0.2, 0.25) is 5.88 Å². The Kier molecular flexibility index (Phi) is 4.14. The Morgan fingerprint density at radius 1 is 1.50 bits per heavy atom. The first kappa shape index (κ1) is 12.8. The van der Waals surface area contributed by atoms with Gasteiger partial charge in [-0.15, -0.1) is 0 Å². The molecule has 0 saturated carbocycles. The molecule has 5 nitrogen and oxygen atoms in total. The summed E-state index contributed by atoms with van der Waals surface area (Å²) < 4.78 is 34.3. The minimum absolute atomic E-state index is 0.0176. The lowest BCUT2D eigenvalue weighted by molar-refractivity contribution is -0.0499. The third kappa shape index (κ3) is 3.43. The van der Waals surface area contributed by atoms with Crippen LogP contribution in [0.3, 0.4) is 0 Å². The number of ether oxygens (including phenoxy) is 2. The van der Waals surface area contributed by atoms with Crippen molar-refractivity contribution in [1.82, 2.24) is 10.3 Å². The predicted octanol–water partition coefficient (Wildman–Crippen LogP) is 1.47. The molecule has 0 radical (unpaired) electrons. The third-order valence-corrected chi connectivity index (χ3v) is 2.56. The molecule has 0 spiro atoms. The average Bonchev–Trinajstić information content (AvgIpc) is 2.80. The van der Waals surface area contributed by atoms with Crippen LogP contribution in [0.15, 0.2) is 12.1 Å². The maximum absolute atomic E-state index is 12.2. The van der Waals surface area contributed by atoms with Gasteiger partial charge in [0.05, 0.1) is 0 Å². The first-order valence-corrected chi connectivity index (χ1v) is 5.69. The van der Waals surface area contributed by atoms with E-state index in [4.69, 9.17) is 4.74 Å². The van der Waals surface area contributed by atoms with E-state index < -0.39 is 6.61 Å². The maximum Gasteiger partial charge on any atom is 0.387 e. The molecule has 0 amide bonds. The van der Waals surface area contributed by atoms with Crippen molar-refractivity contribution in [2.24, 2.45) is 0 Å². The molecule has 1 saturated heterocycles. The second kappa shape index (κ2) is 5.81. The molecule has 1 aromatic rings. The summed E-state index contributed by atoms with van der Waals surface area (Å²) in [6.07, 6.45) is 0.889. The van der Waals surface area contributed by atoms with Gasteiger partial charge in [0, 0.05) is 25.7 Å². The van der Waals surface area contributed by atoms with Crippen LogP contribution in [0, 0.1) is 0 Å². The molecular formula is C11H15F2N3O2. The maximum atomic E-state index is 12.2. The monoisotopic (exact) mass is 259 g/mol. The van der Waals surface area contributed by atoms with Crippen LogP contribution in [0.2, 0.25) is 0 Å². The second-order valence-electron chi connectivity index (χ2n) is 3.89. The fourth-order valence-corrected chi connectivity index (χ4v) is 1.74. The zero-order valence-corrected chi connectivity index (χ0v) is 9.95. The molecule has 0 bridgehead atoms. The summed E-state index contributed by atoms with van der Waals surface area (Å²) in [5.41, 5.74) is 0. The molecular weight excluding hydrogens is 244 g/mol. The molecule has 0 aliphatic carbocycles. The van der Waals surface area contributed by atoms with Gasteiger partial charge in [-0.05, 0) is 13.0 Å². The van der Waals surface area contributed by atoms with E-state index in [1.807, 2.05) is 0 Å². The molecule has 100 valence electrons. The van der Waals surface area contributed by atoms with Gasteiger partial charge in [0.1, 0.15) is 17.7 Å². The Morgan fingerprint density at radius 3 is 2.94 bits per heavy atom. The van der Waals surface area contributed by atoms with Crippen molar-refractivity contribution in [2.45, 2.75) is 19.1 Å². The molecule has 1 atom stereocenters. The van der Waals surface area contributed by atoms with Crippen LogP contribution in [0.1, 0.15) is 6.42 Å². The molecule has 1 aromatic heterocycles. The van der Waals surface area contributed by atoms with Crippen molar-refractivity contribution in [3.05, 3.63) is 12.1 Å². The van der Waals surface area contributed by atoms with Crippen LogP contribution in [0.4, 0.5) is 14.6 Å². The average molecular weight is 259 g/mol. The van der Waals surface area contributed by atoms with E-state index in [0.717, 1.165) is 19.5 Å². The van der Waals surface area contributed by atoms with Crippen molar-refractivity contribution < 1.29 is 18.3 Å². The molecule has 2 N–H and O–H groups in total. The van der Waals surface area contributed by atoms with Crippen LogP contribution in [-0.2, 0) is 0 Å². The molecule has 2 rings (SSSR count). The predicted molar refractivity (Wildman–Crippen MR) is 62.3 cm³/mol. The topological polar surface area (TPSA) is 55.4 Å². The highest BCUT2D eigenvalue weighted by Gasteiger charge is 2.17.